The first-order valence-electron chi connectivity index (χ1n) is 6.26. The van der Waals surface area contributed by atoms with Crippen LogP contribution in [0, 0.1) is 7.43 Å². The van der Waals surface area contributed by atoms with E-state index in [9.17, 15) is 4.79 Å². The fourth-order valence-electron chi connectivity index (χ4n) is 2.66. The molecule has 1 aliphatic carbocycles. The number of fused-ring (bicyclic) bond motifs is 3. The first-order valence-corrected chi connectivity index (χ1v) is 10.1. The van der Waals surface area contributed by atoms with Crippen LogP contribution in [0.15, 0.2) is 48.5 Å². The largest absolute Gasteiger partial charge is 0 e. The summed E-state index contributed by atoms with van der Waals surface area (Å²) in [7, 11) is 0. The third-order valence-corrected chi connectivity index (χ3v) is 4.93. The molecule has 0 bridgehead atoms. The molecule has 1 radical (unpaired) electrons. The third-order valence-electron chi connectivity index (χ3n) is 3.52. The maximum atomic E-state index is 11.4. The van der Waals surface area contributed by atoms with E-state index in [1.54, 1.807) is 0 Å². The summed E-state index contributed by atoms with van der Waals surface area (Å²) in [5.74, 6) is 0.193. The summed E-state index contributed by atoms with van der Waals surface area (Å²) in [5.41, 5.74) is 5.09. The zero-order valence-electron chi connectivity index (χ0n) is 13.0. The van der Waals surface area contributed by atoms with E-state index in [2.05, 4.69) is 48.5 Å². The summed E-state index contributed by atoms with van der Waals surface area (Å²) in [6.07, 6.45) is 0. The molecular formula is C17H19O3SbW2-. The van der Waals surface area contributed by atoms with Crippen LogP contribution in [0.2, 0.25) is 4.87 Å². The standard InChI is InChI=1S/C15H11O2.2CH3.H2O.Sb.2W/c16-10-17-9-15-13-7-3-1-5-11(13)12-6-2-4-8-14(12)15;;;;;;/h1-8,15H,9H2;2*1H3;1H2;;;/q;;-1;;;;. The van der Waals surface area contributed by atoms with E-state index in [0.717, 1.165) is 0 Å². The van der Waals surface area contributed by atoms with E-state index in [0.29, 0.717) is 6.61 Å². The number of rotatable bonds is 3. The molecule has 2 aromatic rings. The molecule has 0 atom stereocenters. The molecule has 0 fully saturated rings. The van der Waals surface area contributed by atoms with Gasteiger partial charge in [-0.3, -0.25) is 0 Å². The molecule has 1 aliphatic rings. The molecule has 0 unspecified atom stereocenters. The minimum atomic E-state index is -0.803. The quantitative estimate of drug-likeness (QED) is 0.357. The molecule has 0 heterocycles. The van der Waals surface area contributed by atoms with Gasteiger partial charge in [0.25, 0.3) is 0 Å². The van der Waals surface area contributed by atoms with E-state index in [1.165, 1.54) is 22.3 Å². The van der Waals surface area contributed by atoms with Gasteiger partial charge in [-0.2, -0.15) is 0 Å². The van der Waals surface area contributed by atoms with Gasteiger partial charge in [-0.1, -0.05) is 0 Å². The fraction of sp³-hybridized carbons (Fsp3) is 0.176. The van der Waals surface area contributed by atoms with Crippen molar-refractivity contribution in [2.24, 2.45) is 0 Å². The predicted molar refractivity (Wildman–Crippen MR) is 86.7 cm³/mol. The molecule has 6 heteroatoms. The first kappa shape index (κ1) is 25.3. The van der Waals surface area contributed by atoms with Crippen LogP contribution in [0.25, 0.3) is 11.1 Å². The van der Waals surface area contributed by atoms with Crippen molar-refractivity contribution in [1.82, 2.24) is 0 Å². The van der Waals surface area contributed by atoms with Gasteiger partial charge in [0.15, 0.2) is 0 Å². The van der Waals surface area contributed by atoms with Crippen LogP contribution in [0.1, 0.15) is 17.0 Å². The molecule has 2 aromatic carbocycles. The van der Waals surface area contributed by atoms with Crippen molar-refractivity contribution in [3.63, 3.8) is 0 Å². The molecule has 123 valence electrons. The normalized spacial score (nSPS) is 10.7. The molecule has 0 aromatic heterocycles. The summed E-state index contributed by atoms with van der Waals surface area (Å²) in [5, 5.41) is 0. The number of carbonyl (C=O) groups excluding carboxylic acids is 1. The monoisotopic (exact) mass is 760 g/mol. The van der Waals surface area contributed by atoms with Crippen LogP contribution in [-0.2, 0) is 46.9 Å². The van der Waals surface area contributed by atoms with E-state index < -0.39 is 21.6 Å². The minimum Gasteiger partial charge on any atom is 0 e. The predicted octanol–water partition coefficient (Wildman–Crippen LogP) is 3.31. The van der Waals surface area contributed by atoms with Crippen molar-refractivity contribution < 1.29 is 57.1 Å². The molecular weight excluding hydrogens is 742 g/mol. The Hall–Kier alpha value is 0.0648. The SMILES string of the molecule is O.[CH3-].[CH3][Sb][C](=O)OCC1c2ccccc2-c2ccccc21.[W].[W]. The Morgan fingerprint density at radius 3 is 1.87 bits per heavy atom. The summed E-state index contributed by atoms with van der Waals surface area (Å²) in [6, 6.07) is 16.8. The zero-order chi connectivity index (χ0) is 13.2. The van der Waals surface area contributed by atoms with Crippen molar-refractivity contribution in [3.05, 3.63) is 67.1 Å². The van der Waals surface area contributed by atoms with Gasteiger partial charge in [0.2, 0.25) is 0 Å². The smallest absolute Gasteiger partial charge is 0 e. The van der Waals surface area contributed by atoms with Crippen LogP contribution in [0.4, 0.5) is 4.79 Å². The van der Waals surface area contributed by atoms with Crippen molar-refractivity contribution in [2.75, 3.05) is 6.61 Å². The molecule has 0 saturated heterocycles. The molecule has 0 spiro atoms. The van der Waals surface area contributed by atoms with Crippen LogP contribution in [0.3, 0.4) is 0 Å². The molecule has 23 heavy (non-hydrogen) atoms. The summed E-state index contributed by atoms with van der Waals surface area (Å²) in [4.78, 5) is 13.4. The van der Waals surface area contributed by atoms with Crippen LogP contribution < -0.4 is 0 Å². The fourth-order valence-corrected chi connectivity index (χ4v) is 3.24. The number of benzene rings is 2. The van der Waals surface area contributed by atoms with Crippen LogP contribution in [0.5, 0.6) is 0 Å². The Morgan fingerprint density at radius 1 is 1.00 bits per heavy atom. The average Bonchev–Trinajstić information content (AvgIpc) is 2.79. The topological polar surface area (TPSA) is 57.8 Å². The van der Waals surface area contributed by atoms with Gasteiger partial charge in [-0.15, -0.1) is 0 Å². The first-order chi connectivity index (χ1) is 9.31. The molecule has 0 amide bonds. The third kappa shape index (κ3) is 5.27. The Bertz CT molecular complexity index is 589. The van der Waals surface area contributed by atoms with Crippen molar-refractivity contribution >= 4 is 25.5 Å². The zero-order valence-corrected chi connectivity index (χ0v) is 21.4. The Labute approximate surface area is 176 Å². The summed E-state index contributed by atoms with van der Waals surface area (Å²) >= 11 is -0.803. The maximum Gasteiger partial charge on any atom is 0 e. The van der Waals surface area contributed by atoms with Gasteiger partial charge in [-0.05, 0) is 0 Å². The molecule has 2 N–H and O–H groups in total. The molecule has 0 saturated carbocycles. The number of carbonyl (C=O) groups is 1. The van der Waals surface area contributed by atoms with E-state index in [-0.39, 0.29) is 64.9 Å². The average molecular weight is 761 g/mol. The molecule has 0 aliphatic heterocycles. The minimum absolute atomic E-state index is 0. The number of hydrogen-bond donors (Lipinski definition) is 0. The summed E-state index contributed by atoms with van der Waals surface area (Å²) < 4.78 is 5.43. The van der Waals surface area contributed by atoms with Crippen molar-refractivity contribution in [1.29, 1.82) is 0 Å². The van der Waals surface area contributed by atoms with E-state index in [1.807, 2.05) is 4.87 Å². The van der Waals surface area contributed by atoms with Gasteiger partial charge in [0.1, 0.15) is 0 Å². The molecule has 3 nitrogen and oxygen atoms in total. The second-order valence-corrected chi connectivity index (χ2v) is 6.85. The number of ether oxygens (including phenoxy) is 1. The van der Waals surface area contributed by atoms with E-state index in [4.69, 9.17) is 4.74 Å². The Kier molecular flexibility index (Phi) is 12.8. The van der Waals surface area contributed by atoms with Crippen molar-refractivity contribution in [3.8, 4) is 11.1 Å². The van der Waals surface area contributed by atoms with E-state index >= 15 is 0 Å². The molecule has 3 rings (SSSR count). The maximum absolute atomic E-state index is 11.4. The van der Waals surface area contributed by atoms with Crippen LogP contribution >= 0.6 is 0 Å². The second-order valence-electron chi connectivity index (χ2n) is 4.53. The van der Waals surface area contributed by atoms with Gasteiger partial charge < -0.3 is 12.9 Å². The van der Waals surface area contributed by atoms with Crippen molar-refractivity contribution in [2.45, 2.75) is 10.8 Å². The number of hydrogen-bond acceptors (Lipinski definition) is 2. The van der Waals surface area contributed by atoms with Gasteiger partial charge in [0, 0.05) is 42.1 Å². The second kappa shape index (κ2) is 11.6. The van der Waals surface area contributed by atoms with Gasteiger partial charge in [0.05, 0.1) is 0 Å². The Morgan fingerprint density at radius 2 is 1.43 bits per heavy atom. The van der Waals surface area contributed by atoms with Gasteiger partial charge >= 0.3 is 123 Å². The Balaban J connectivity index is 0. The van der Waals surface area contributed by atoms with Gasteiger partial charge in [-0.25, -0.2) is 0 Å². The van der Waals surface area contributed by atoms with Crippen LogP contribution in [-0.4, -0.2) is 37.6 Å². The summed E-state index contributed by atoms with van der Waals surface area (Å²) in [6.45, 7) is 0.469.